The van der Waals surface area contributed by atoms with Gasteiger partial charge in [-0.3, -0.25) is 9.98 Å². The van der Waals surface area contributed by atoms with Crippen molar-refractivity contribution >= 4 is 27.3 Å². The highest BCUT2D eigenvalue weighted by Gasteiger charge is 2.08. The SMILES string of the molecule is C=CN=C(CCN)C(=C)SSc1cccnc1CCN.CC.CC. The molecule has 0 unspecified atom stereocenters. The second-order valence-corrected chi connectivity index (χ2v) is 6.14. The maximum absolute atomic E-state index is 5.60. The van der Waals surface area contributed by atoms with Crippen molar-refractivity contribution in [3.05, 3.63) is 48.3 Å². The van der Waals surface area contributed by atoms with Gasteiger partial charge in [-0.1, -0.05) is 62.4 Å². The fourth-order valence-electron chi connectivity index (χ4n) is 1.49. The van der Waals surface area contributed by atoms with Gasteiger partial charge in [0.2, 0.25) is 0 Å². The van der Waals surface area contributed by atoms with Crippen molar-refractivity contribution < 1.29 is 0 Å². The zero-order valence-electron chi connectivity index (χ0n) is 15.4. The fourth-order valence-corrected chi connectivity index (χ4v) is 3.63. The van der Waals surface area contributed by atoms with Crippen LogP contribution < -0.4 is 11.5 Å². The van der Waals surface area contributed by atoms with Gasteiger partial charge in [-0.15, -0.1) is 0 Å². The molecule has 0 atom stereocenters. The summed E-state index contributed by atoms with van der Waals surface area (Å²) in [5, 5.41) is 0. The summed E-state index contributed by atoms with van der Waals surface area (Å²) >= 11 is 0. The molecule has 24 heavy (non-hydrogen) atoms. The van der Waals surface area contributed by atoms with Gasteiger partial charge in [-0.05, 0) is 25.2 Å². The third kappa shape index (κ3) is 10.6. The quantitative estimate of drug-likeness (QED) is 0.482. The molecule has 0 fully saturated rings. The van der Waals surface area contributed by atoms with Gasteiger partial charge in [0.1, 0.15) is 0 Å². The molecule has 0 saturated carbocycles. The maximum Gasteiger partial charge on any atom is 0.0560 e. The number of nitrogens with two attached hydrogens (primary N) is 2. The monoisotopic (exact) mass is 368 g/mol. The molecule has 0 aliphatic heterocycles. The zero-order chi connectivity index (χ0) is 18.8. The summed E-state index contributed by atoms with van der Waals surface area (Å²) in [5.41, 5.74) is 13.1. The van der Waals surface area contributed by atoms with E-state index >= 15 is 0 Å². The number of aliphatic imine (C=N–C) groups is 1. The third-order valence-electron chi connectivity index (χ3n) is 2.41. The van der Waals surface area contributed by atoms with Gasteiger partial charge in [-0.25, -0.2) is 0 Å². The van der Waals surface area contributed by atoms with Crippen molar-refractivity contribution in [1.82, 2.24) is 4.98 Å². The van der Waals surface area contributed by atoms with Crippen LogP contribution in [0.1, 0.15) is 39.8 Å². The first kappa shape index (κ1) is 25.2. The number of aromatic nitrogens is 1. The molecule has 0 amide bonds. The van der Waals surface area contributed by atoms with E-state index in [1.165, 1.54) is 6.20 Å². The van der Waals surface area contributed by atoms with Crippen molar-refractivity contribution in [2.75, 3.05) is 13.1 Å². The summed E-state index contributed by atoms with van der Waals surface area (Å²) in [7, 11) is 3.18. The molecule has 1 rings (SSSR count). The van der Waals surface area contributed by atoms with E-state index in [1.54, 1.807) is 27.8 Å². The standard InChI is InChI=1S/C14H20N4S2.2C2H6/c1-3-17-12(6-8-15)11(2)19-20-14-5-4-10-18-13(14)7-9-16;2*1-2/h3-5,10H,1-2,6-9,15-16H2;2*1-2H3. The number of nitrogens with zero attached hydrogens (tertiary/aromatic N) is 2. The molecule has 0 aliphatic rings. The summed E-state index contributed by atoms with van der Waals surface area (Å²) in [6.45, 7) is 16.8. The molecule has 0 aromatic carbocycles. The molecule has 1 aromatic heterocycles. The summed E-state index contributed by atoms with van der Waals surface area (Å²) in [6, 6.07) is 3.96. The number of hydrogen-bond acceptors (Lipinski definition) is 6. The van der Waals surface area contributed by atoms with E-state index < -0.39 is 0 Å². The maximum atomic E-state index is 5.60. The Bertz CT molecular complexity index is 488. The highest BCUT2D eigenvalue weighted by atomic mass is 33.1. The molecule has 0 spiro atoms. The number of hydrogen-bond donors (Lipinski definition) is 2. The smallest absolute Gasteiger partial charge is 0.0560 e. The fraction of sp³-hybridized carbons (Fsp3) is 0.444. The van der Waals surface area contributed by atoms with Gasteiger partial charge >= 0.3 is 0 Å². The van der Waals surface area contributed by atoms with E-state index in [0.29, 0.717) is 19.5 Å². The number of rotatable bonds is 9. The average molecular weight is 369 g/mol. The second-order valence-electron chi connectivity index (χ2n) is 3.87. The molecular weight excluding hydrogens is 336 g/mol. The van der Waals surface area contributed by atoms with Crippen LogP contribution in [0.5, 0.6) is 0 Å². The van der Waals surface area contributed by atoms with Crippen molar-refractivity contribution in [2.24, 2.45) is 16.5 Å². The Morgan fingerprint density at radius 1 is 1.25 bits per heavy atom. The van der Waals surface area contributed by atoms with E-state index in [2.05, 4.69) is 23.1 Å². The summed E-state index contributed by atoms with van der Waals surface area (Å²) in [5.74, 6) is 0. The van der Waals surface area contributed by atoms with E-state index in [4.69, 9.17) is 11.5 Å². The van der Waals surface area contributed by atoms with Crippen LogP contribution in [0.2, 0.25) is 0 Å². The van der Waals surface area contributed by atoms with Gasteiger partial charge in [0.05, 0.1) is 11.4 Å². The highest BCUT2D eigenvalue weighted by molar-refractivity contribution is 8.78. The molecule has 0 radical (unpaired) electrons. The zero-order valence-corrected chi connectivity index (χ0v) is 17.1. The predicted molar refractivity (Wildman–Crippen MR) is 114 cm³/mol. The lowest BCUT2D eigenvalue weighted by Gasteiger charge is -2.09. The molecule has 136 valence electrons. The van der Waals surface area contributed by atoms with Crippen LogP contribution in [0.3, 0.4) is 0 Å². The van der Waals surface area contributed by atoms with Crippen molar-refractivity contribution in [1.29, 1.82) is 0 Å². The summed E-state index contributed by atoms with van der Waals surface area (Å²) in [4.78, 5) is 10.6. The van der Waals surface area contributed by atoms with Crippen LogP contribution >= 0.6 is 21.6 Å². The number of allylic oxidation sites excluding steroid dienone is 1. The Kier molecular flexibility index (Phi) is 19.1. The Balaban J connectivity index is 0. The third-order valence-corrected chi connectivity index (χ3v) is 4.88. The lowest BCUT2D eigenvalue weighted by molar-refractivity contribution is 0.893. The Labute approximate surface area is 155 Å². The largest absolute Gasteiger partial charge is 0.330 e. The van der Waals surface area contributed by atoms with Gasteiger partial charge in [0, 0.05) is 35.0 Å². The molecule has 1 aromatic rings. The minimum atomic E-state index is 0.544. The first-order chi connectivity index (χ1) is 11.7. The molecule has 0 aliphatic carbocycles. The Morgan fingerprint density at radius 2 is 1.92 bits per heavy atom. The van der Waals surface area contributed by atoms with Crippen LogP contribution in [0.4, 0.5) is 0 Å². The van der Waals surface area contributed by atoms with Crippen molar-refractivity contribution in [2.45, 2.75) is 45.4 Å². The molecule has 1 heterocycles. The van der Waals surface area contributed by atoms with E-state index in [9.17, 15) is 0 Å². The molecule has 0 bridgehead atoms. The molecule has 4 N–H and O–H groups in total. The lowest BCUT2D eigenvalue weighted by Crippen LogP contribution is -2.08. The lowest BCUT2D eigenvalue weighted by atomic mass is 10.2. The highest BCUT2D eigenvalue weighted by Crippen LogP contribution is 2.38. The van der Waals surface area contributed by atoms with Crippen LogP contribution in [-0.4, -0.2) is 23.8 Å². The minimum absolute atomic E-state index is 0.544. The molecule has 4 nitrogen and oxygen atoms in total. The Morgan fingerprint density at radius 3 is 2.46 bits per heavy atom. The summed E-state index contributed by atoms with van der Waals surface area (Å²) < 4.78 is 0. The second kappa shape index (κ2) is 18.3. The minimum Gasteiger partial charge on any atom is -0.330 e. The normalized spacial score (nSPS) is 10.0. The first-order valence-electron chi connectivity index (χ1n) is 8.28. The predicted octanol–water partition coefficient (Wildman–Crippen LogP) is 4.82. The topological polar surface area (TPSA) is 77.3 Å². The average Bonchev–Trinajstić information content (AvgIpc) is 2.64. The van der Waals surface area contributed by atoms with Crippen LogP contribution in [0.25, 0.3) is 0 Å². The summed E-state index contributed by atoms with van der Waals surface area (Å²) in [6.07, 6.45) is 4.77. The first-order valence-corrected chi connectivity index (χ1v) is 10.4. The van der Waals surface area contributed by atoms with Gasteiger partial charge in [0.25, 0.3) is 0 Å². The van der Waals surface area contributed by atoms with Crippen LogP contribution in [-0.2, 0) is 6.42 Å². The molecular formula is C18H32N4S2. The van der Waals surface area contributed by atoms with E-state index in [0.717, 1.165) is 27.6 Å². The van der Waals surface area contributed by atoms with E-state index in [-0.39, 0.29) is 0 Å². The van der Waals surface area contributed by atoms with Gasteiger partial charge in [0.15, 0.2) is 0 Å². The molecule has 0 saturated heterocycles. The number of pyridine rings is 1. The van der Waals surface area contributed by atoms with Gasteiger partial charge < -0.3 is 11.5 Å². The van der Waals surface area contributed by atoms with Crippen LogP contribution in [0.15, 0.2) is 52.5 Å². The van der Waals surface area contributed by atoms with Crippen LogP contribution in [0, 0.1) is 0 Å². The molecule has 6 heteroatoms. The van der Waals surface area contributed by atoms with Gasteiger partial charge in [-0.2, -0.15) is 0 Å². The van der Waals surface area contributed by atoms with Crippen molar-refractivity contribution in [3.63, 3.8) is 0 Å². The Hall–Kier alpha value is -1.08. The van der Waals surface area contributed by atoms with Crippen molar-refractivity contribution in [3.8, 4) is 0 Å². The van der Waals surface area contributed by atoms with E-state index in [1.807, 2.05) is 39.8 Å².